The Balaban J connectivity index is 1.71. The number of H-pyrrole nitrogens is 1. The molecule has 32 heavy (non-hydrogen) atoms. The monoisotopic (exact) mass is 476 g/mol. The lowest BCUT2D eigenvalue weighted by molar-refractivity contribution is -0.379. The molecular formula is C24H18ClF3NO2S+. The molecule has 2 N–H and O–H groups in total. The first kappa shape index (κ1) is 22.3. The minimum absolute atomic E-state index is 0.263. The van der Waals surface area contributed by atoms with Crippen molar-refractivity contribution in [2.45, 2.75) is 18.9 Å². The van der Waals surface area contributed by atoms with Crippen molar-refractivity contribution in [1.29, 1.82) is 0 Å². The summed E-state index contributed by atoms with van der Waals surface area (Å²) in [5.74, 6) is 0.605. The number of aromatic amines is 1. The molecule has 164 valence electrons. The Morgan fingerprint density at radius 1 is 1.00 bits per heavy atom. The van der Waals surface area contributed by atoms with Crippen LogP contribution in [0, 0.1) is 0 Å². The third-order valence-electron chi connectivity index (χ3n) is 4.83. The second-order valence-corrected chi connectivity index (χ2v) is 8.43. The molecule has 3 nitrogen and oxygen atoms in total. The Morgan fingerprint density at radius 3 is 2.53 bits per heavy atom. The predicted octanol–water partition coefficient (Wildman–Crippen LogP) is 6.72. The third-order valence-corrected chi connectivity index (χ3v) is 6.03. The first-order chi connectivity index (χ1) is 15.3. The van der Waals surface area contributed by atoms with Gasteiger partial charge in [-0.05, 0) is 41.3 Å². The number of aromatic nitrogens is 1. The SMILES string of the molecule is OC(c1c[nH+]cc(-c2sccc2-c2cc(Cl)ccc2OCc2ccccc2)c1)C(F)(F)F. The van der Waals surface area contributed by atoms with Crippen LogP contribution in [-0.2, 0) is 6.61 Å². The Kier molecular flexibility index (Phi) is 6.50. The molecule has 0 fully saturated rings. The van der Waals surface area contributed by atoms with E-state index in [1.54, 1.807) is 24.4 Å². The van der Waals surface area contributed by atoms with Crippen LogP contribution in [0.5, 0.6) is 5.75 Å². The lowest BCUT2D eigenvalue weighted by Crippen LogP contribution is -2.21. The quantitative estimate of drug-likeness (QED) is 0.335. The first-order valence-electron chi connectivity index (χ1n) is 9.63. The number of alkyl halides is 3. The van der Waals surface area contributed by atoms with Crippen molar-refractivity contribution in [2.75, 3.05) is 0 Å². The number of nitrogens with one attached hydrogen (secondary N) is 1. The average molecular weight is 477 g/mol. The summed E-state index contributed by atoms with van der Waals surface area (Å²) in [5.41, 5.74) is 2.76. The molecule has 0 radical (unpaired) electrons. The zero-order valence-corrected chi connectivity index (χ0v) is 18.1. The molecular weight excluding hydrogens is 459 g/mol. The second kappa shape index (κ2) is 9.32. The van der Waals surface area contributed by atoms with Crippen molar-refractivity contribution in [3.8, 4) is 27.3 Å². The van der Waals surface area contributed by atoms with Crippen molar-refractivity contribution in [1.82, 2.24) is 0 Å². The Morgan fingerprint density at radius 2 is 1.78 bits per heavy atom. The summed E-state index contributed by atoms with van der Waals surface area (Å²) in [4.78, 5) is 3.44. The zero-order chi connectivity index (χ0) is 22.7. The predicted molar refractivity (Wildman–Crippen MR) is 119 cm³/mol. The van der Waals surface area contributed by atoms with Crippen LogP contribution in [0.25, 0.3) is 21.6 Å². The molecule has 2 heterocycles. The molecule has 4 aromatic rings. The smallest absolute Gasteiger partial charge is 0.418 e. The fourth-order valence-electron chi connectivity index (χ4n) is 3.29. The number of hydrogen-bond acceptors (Lipinski definition) is 3. The van der Waals surface area contributed by atoms with Gasteiger partial charge in [-0.2, -0.15) is 13.2 Å². The number of halogens is 4. The summed E-state index contributed by atoms with van der Waals surface area (Å²) >= 11 is 7.62. The van der Waals surface area contributed by atoms with Crippen LogP contribution in [0.3, 0.4) is 0 Å². The van der Waals surface area contributed by atoms with Crippen LogP contribution in [0.15, 0.2) is 78.4 Å². The Hall–Kier alpha value is -2.87. The second-order valence-electron chi connectivity index (χ2n) is 7.08. The summed E-state index contributed by atoms with van der Waals surface area (Å²) in [5, 5.41) is 12.0. The molecule has 1 unspecified atom stereocenters. The van der Waals surface area contributed by atoms with Crippen molar-refractivity contribution >= 4 is 22.9 Å². The number of hydrogen-bond donors (Lipinski definition) is 1. The Bertz CT molecular complexity index is 1210. The van der Waals surface area contributed by atoms with Gasteiger partial charge in [-0.25, -0.2) is 4.98 Å². The summed E-state index contributed by atoms with van der Waals surface area (Å²) < 4.78 is 45.0. The largest absolute Gasteiger partial charge is 0.488 e. The highest BCUT2D eigenvalue weighted by Gasteiger charge is 2.40. The van der Waals surface area contributed by atoms with Gasteiger partial charge in [0.05, 0.1) is 11.1 Å². The van der Waals surface area contributed by atoms with Crippen LogP contribution >= 0.6 is 22.9 Å². The van der Waals surface area contributed by atoms with Gasteiger partial charge in [0.25, 0.3) is 0 Å². The van der Waals surface area contributed by atoms with Crippen LogP contribution < -0.4 is 9.72 Å². The molecule has 0 aliphatic rings. The van der Waals surface area contributed by atoms with Crippen LogP contribution in [0.1, 0.15) is 17.2 Å². The maximum Gasteiger partial charge on any atom is 0.418 e. The van der Waals surface area contributed by atoms with Gasteiger partial charge in [-0.15, -0.1) is 11.3 Å². The molecule has 0 saturated carbocycles. The van der Waals surface area contributed by atoms with E-state index in [2.05, 4.69) is 4.98 Å². The molecule has 0 amide bonds. The van der Waals surface area contributed by atoms with E-state index in [0.29, 0.717) is 22.9 Å². The molecule has 0 aliphatic heterocycles. The highest BCUT2D eigenvalue weighted by molar-refractivity contribution is 7.14. The number of aliphatic hydroxyl groups excluding tert-OH is 1. The van der Waals surface area contributed by atoms with E-state index in [9.17, 15) is 18.3 Å². The van der Waals surface area contributed by atoms with Gasteiger partial charge in [-0.3, -0.25) is 0 Å². The Labute approximate surface area is 191 Å². The highest BCUT2D eigenvalue weighted by atomic mass is 35.5. The summed E-state index contributed by atoms with van der Waals surface area (Å²) in [6, 6.07) is 18.2. The highest BCUT2D eigenvalue weighted by Crippen LogP contribution is 2.42. The maximum absolute atomic E-state index is 13.0. The molecule has 4 rings (SSSR count). The normalized spacial score (nSPS) is 12.5. The number of rotatable bonds is 6. The number of aliphatic hydroxyl groups is 1. The van der Waals surface area contributed by atoms with Crippen molar-refractivity contribution in [3.63, 3.8) is 0 Å². The van der Waals surface area contributed by atoms with E-state index in [1.807, 2.05) is 41.8 Å². The number of ether oxygens (including phenoxy) is 1. The van der Waals surface area contributed by atoms with Crippen molar-refractivity contribution in [3.05, 3.63) is 94.6 Å². The maximum atomic E-state index is 13.0. The molecule has 2 aromatic carbocycles. The van der Waals surface area contributed by atoms with Gasteiger partial charge in [0.15, 0.2) is 18.5 Å². The van der Waals surface area contributed by atoms with E-state index < -0.39 is 12.3 Å². The first-order valence-corrected chi connectivity index (χ1v) is 10.9. The van der Waals surface area contributed by atoms with Crippen molar-refractivity contribution < 1.29 is 28.0 Å². The average Bonchev–Trinajstić information content (AvgIpc) is 3.28. The fraction of sp³-hybridized carbons (Fsp3) is 0.125. The lowest BCUT2D eigenvalue weighted by Gasteiger charge is -2.14. The van der Waals surface area contributed by atoms with E-state index in [4.69, 9.17) is 16.3 Å². The standard InChI is InChI=1S/C24H17ClF3NO2S/c25-18-6-7-21(31-14-15-4-2-1-3-5-15)20(11-18)19-8-9-32-22(19)16-10-17(13-29-12-16)23(30)24(26,27)28/h1-13,23,30H,14H2/p+1. The molecule has 8 heteroatoms. The molecule has 2 aromatic heterocycles. The van der Waals surface area contributed by atoms with E-state index in [1.165, 1.54) is 17.4 Å². The van der Waals surface area contributed by atoms with Gasteiger partial charge in [0.2, 0.25) is 0 Å². The van der Waals surface area contributed by atoms with Crippen molar-refractivity contribution in [2.24, 2.45) is 0 Å². The van der Waals surface area contributed by atoms with Gasteiger partial charge in [0, 0.05) is 21.0 Å². The summed E-state index contributed by atoms with van der Waals surface area (Å²) in [6.07, 6.45) is -4.59. The van der Waals surface area contributed by atoms with Gasteiger partial charge >= 0.3 is 6.18 Å². The molecule has 0 spiro atoms. The van der Waals surface area contributed by atoms with E-state index in [0.717, 1.165) is 27.8 Å². The third kappa shape index (κ3) is 4.96. The number of pyridine rings is 1. The lowest BCUT2D eigenvalue weighted by atomic mass is 10.0. The van der Waals surface area contributed by atoms with Crippen LogP contribution in [0.2, 0.25) is 5.02 Å². The molecule has 0 saturated heterocycles. The summed E-state index contributed by atoms with van der Waals surface area (Å²) in [6.45, 7) is 0.357. The minimum atomic E-state index is -4.75. The van der Waals surface area contributed by atoms with Gasteiger partial charge < -0.3 is 9.84 Å². The topological polar surface area (TPSA) is 43.6 Å². The van der Waals surface area contributed by atoms with Crippen LogP contribution in [0.4, 0.5) is 13.2 Å². The van der Waals surface area contributed by atoms with E-state index in [-0.39, 0.29) is 5.56 Å². The minimum Gasteiger partial charge on any atom is -0.488 e. The van der Waals surface area contributed by atoms with Gasteiger partial charge in [0.1, 0.15) is 12.4 Å². The number of benzene rings is 2. The zero-order valence-electron chi connectivity index (χ0n) is 16.6. The van der Waals surface area contributed by atoms with Crippen LogP contribution in [-0.4, -0.2) is 11.3 Å². The van der Waals surface area contributed by atoms with Gasteiger partial charge in [-0.1, -0.05) is 41.9 Å². The fourth-order valence-corrected chi connectivity index (χ4v) is 4.36. The number of thiophene rings is 1. The molecule has 0 aliphatic carbocycles. The molecule has 0 bridgehead atoms. The molecule has 1 atom stereocenters. The summed E-state index contributed by atoms with van der Waals surface area (Å²) in [7, 11) is 0. The van der Waals surface area contributed by atoms with E-state index >= 15 is 0 Å².